The highest BCUT2D eigenvalue weighted by Crippen LogP contribution is 2.31. The number of halogens is 2. The lowest BCUT2D eigenvalue weighted by Crippen LogP contribution is -2.24. The van der Waals surface area contributed by atoms with Crippen LogP contribution in [0.15, 0.2) is 18.2 Å². The second-order valence-corrected chi connectivity index (χ2v) is 4.58. The van der Waals surface area contributed by atoms with E-state index in [1.807, 2.05) is 0 Å². The summed E-state index contributed by atoms with van der Waals surface area (Å²) in [4.78, 5) is 13.3. The van der Waals surface area contributed by atoms with Crippen molar-refractivity contribution in [1.82, 2.24) is 0 Å². The fourth-order valence-electron chi connectivity index (χ4n) is 1.80. The summed E-state index contributed by atoms with van der Waals surface area (Å²) in [5.41, 5.74) is 0.666. The molecular weight excluding hydrogens is 249 g/mol. The SMILES string of the molecule is O=C1CC(CCl)CN1c1ccc(Cl)c(O)c1. The summed E-state index contributed by atoms with van der Waals surface area (Å²) in [6.07, 6.45) is 0.465. The van der Waals surface area contributed by atoms with Crippen LogP contribution in [0.25, 0.3) is 0 Å². The quantitative estimate of drug-likeness (QED) is 0.830. The first-order valence-corrected chi connectivity index (χ1v) is 5.88. The first kappa shape index (κ1) is 11.6. The van der Waals surface area contributed by atoms with E-state index in [0.717, 1.165) is 0 Å². The Labute approximate surface area is 104 Å². The average molecular weight is 260 g/mol. The van der Waals surface area contributed by atoms with Gasteiger partial charge in [-0.2, -0.15) is 0 Å². The van der Waals surface area contributed by atoms with Gasteiger partial charge in [0.1, 0.15) is 5.75 Å². The van der Waals surface area contributed by atoms with Crippen molar-refractivity contribution in [3.05, 3.63) is 23.2 Å². The van der Waals surface area contributed by atoms with Crippen molar-refractivity contribution < 1.29 is 9.90 Å². The van der Waals surface area contributed by atoms with Crippen LogP contribution in [0.4, 0.5) is 5.69 Å². The molecule has 0 radical (unpaired) electrons. The van der Waals surface area contributed by atoms with Gasteiger partial charge in [0.15, 0.2) is 0 Å². The van der Waals surface area contributed by atoms with Gasteiger partial charge in [0, 0.05) is 30.6 Å². The van der Waals surface area contributed by atoms with Gasteiger partial charge in [0.25, 0.3) is 0 Å². The van der Waals surface area contributed by atoms with Crippen LogP contribution in [-0.4, -0.2) is 23.4 Å². The first-order valence-electron chi connectivity index (χ1n) is 4.96. The normalized spacial score (nSPS) is 20.5. The van der Waals surface area contributed by atoms with Gasteiger partial charge in [-0.1, -0.05) is 11.6 Å². The van der Waals surface area contributed by atoms with Crippen molar-refractivity contribution in [1.29, 1.82) is 0 Å². The lowest BCUT2D eigenvalue weighted by atomic mass is 10.1. The number of hydrogen-bond acceptors (Lipinski definition) is 2. The molecule has 1 atom stereocenters. The van der Waals surface area contributed by atoms with E-state index in [-0.39, 0.29) is 22.6 Å². The molecule has 0 spiro atoms. The van der Waals surface area contributed by atoms with Gasteiger partial charge in [-0.05, 0) is 18.1 Å². The van der Waals surface area contributed by atoms with E-state index in [1.54, 1.807) is 17.0 Å². The summed E-state index contributed by atoms with van der Waals surface area (Å²) >= 11 is 11.4. The third kappa shape index (κ3) is 2.11. The molecule has 1 amide bonds. The summed E-state index contributed by atoms with van der Waals surface area (Å²) in [6.45, 7) is 0.601. The standard InChI is InChI=1S/C11H11Cl2NO2/c12-5-7-3-11(16)14(6-7)8-1-2-9(13)10(15)4-8/h1-2,4,7,15H,3,5-6H2. The molecule has 0 aliphatic carbocycles. The fraction of sp³-hybridized carbons (Fsp3) is 0.364. The van der Waals surface area contributed by atoms with E-state index < -0.39 is 0 Å². The van der Waals surface area contributed by atoms with Crippen molar-refractivity contribution in [3.8, 4) is 5.75 Å². The van der Waals surface area contributed by atoms with Crippen molar-refractivity contribution in [2.45, 2.75) is 6.42 Å². The molecule has 1 aliphatic heterocycles. The van der Waals surface area contributed by atoms with Crippen molar-refractivity contribution in [3.63, 3.8) is 0 Å². The monoisotopic (exact) mass is 259 g/mol. The number of amides is 1. The van der Waals surface area contributed by atoms with Crippen LogP contribution >= 0.6 is 23.2 Å². The van der Waals surface area contributed by atoms with Crippen LogP contribution in [0.1, 0.15) is 6.42 Å². The number of phenols is 1. The first-order chi connectivity index (χ1) is 7.61. The average Bonchev–Trinajstić information content (AvgIpc) is 2.64. The minimum atomic E-state index is -0.0127. The Morgan fingerprint density at radius 2 is 2.25 bits per heavy atom. The van der Waals surface area contributed by atoms with Crippen LogP contribution in [0.3, 0.4) is 0 Å². The minimum absolute atomic E-state index is 0.0127. The molecule has 1 N–H and O–H groups in total. The molecule has 0 aromatic heterocycles. The molecule has 3 nitrogen and oxygen atoms in total. The number of benzene rings is 1. The van der Waals surface area contributed by atoms with Gasteiger partial charge in [0.05, 0.1) is 5.02 Å². The molecule has 1 aliphatic rings. The number of carbonyl (C=O) groups excluding carboxylic acids is 1. The van der Waals surface area contributed by atoms with E-state index in [1.165, 1.54) is 6.07 Å². The van der Waals surface area contributed by atoms with Gasteiger partial charge in [-0.15, -0.1) is 11.6 Å². The summed E-state index contributed by atoms with van der Waals surface area (Å²) < 4.78 is 0. The molecule has 1 aromatic carbocycles. The number of hydrogen-bond donors (Lipinski definition) is 1. The van der Waals surface area contributed by atoms with Crippen LogP contribution in [0, 0.1) is 5.92 Å². The number of carbonyl (C=O) groups is 1. The zero-order valence-electron chi connectivity index (χ0n) is 8.49. The van der Waals surface area contributed by atoms with Gasteiger partial charge in [-0.3, -0.25) is 4.79 Å². The number of alkyl halides is 1. The van der Waals surface area contributed by atoms with Crippen molar-refractivity contribution in [2.75, 3.05) is 17.3 Å². The summed E-state index contributed by atoms with van der Waals surface area (Å²) in [6, 6.07) is 4.79. The lowest BCUT2D eigenvalue weighted by Gasteiger charge is -2.16. The Morgan fingerprint density at radius 1 is 1.50 bits per heavy atom. The fourth-order valence-corrected chi connectivity index (χ4v) is 2.13. The smallest absolute Gasteiger partial charge is 0.227 e. The predicted molar refractivity (Wildman–Crippen MR) is 64.3 cm³/mol. The molecule has 2 rings (SSSR count). The molecule has 1 saturated heterocycles. The van der Waals surface area contributed by atoms with E-state index in [0.29, 0.717) is 24.5 Å². The van der Waals surface area contributed by atoms with Crippen LogP contribution < -0.4 is 4.90 Å². The molecule has 1 aromatic rings. The largest absolute Gasteiger partial charge is 0.506 e. The molecule has 0 saturated carbocycles. The van der Waals surface area contributed by atoms with E-state index >= 15 is 0 Å². The number of nitrogens with zero attached hydrogens (tertiary/aromatic N) is 1. The summed E-state index contributed by atoms with van der Waals surface area (Å²) in [5, 5.41) is 9.76. The van der Waals surface area contributed by atoms with E-state index in [9.17, 15) is 9.90 Å². The van der Waals surface area contributed by atoms with Crippen molar-refractivity contribution in [2.24, 2.45) is 5.92 Å². The third-order valence-corrected chi connectivity index (χ3v) is 3.42. The van der Waals surface area contributed by atoms with E-state index in [4.69, 9.17) is 23.2 Å². The van der Waals surface area contributed by atoms with E-state index in [2.05, 4.69) is 0 Å². The Balaban J connectivity index is 2.24. The molecule has 1 unspecified atom stereocenters. The zero-order valence-corrected chi connectivity index (χ0v) is 10.0. The van der Waals surface area contributed by atoms with Gasteiger partial charge < -0.3 is 10.0 Å². The maximum Gasteiger partial charge on any atom is 0.227 e. The second-order valence-electron chi connectivity index (χ2n) is 3.86. The topological polar surface area (TPSA) is 40.5 Å². The van der Waals surface area contributed by atoms with Crippen molar-refractivity contribution >= 4 is 34.8 Å². The van der Waals surface area contributed by atoms with Gasteiger partial charge >= 0.3 is 0 Å². The van der Waals surface area contributed by atoms with Crippen LogP contribution in [0.5, 0.6) is 5.75 Å². The highest BCUT2D eigenvalue weighted by atomic mass is 35.5. The number of rotatable bonds is 2. The number of aromatic hydroxyl groups is 1. The number of phenolic OH excluding ortho intramolecular Hbond substituents is 1. The molecule has 1 fully saturated rings. The second kappa shape index (κ2) is 4.52. The molecule has 0 bridgehead atoms. The molecular formula is C11H11Cl2NO2. The maximum absolute atomic E-state index is 11.7. The zero-order chi connectivity index (χ0) is 11.7. The summed E-state index contributed by atoms with van der Waals surface area (Å²) in [5.74, 6) is 0.683. The Hall–Kier alpha value is -0.930. The summed E-state index contributed by atoms with van der Waals surface area (Å²) in [7, 11) is 0. The maximum atomic E-state index is 11.7. The molecule has 1 heterocycles. The Morgan fingerprint density at radius 3 is 2.81 bits per heavy atom. The molecule has 86 valence electrons. The highest BCUT2D eigenvalue weighted by molar-refractivity contribution is 6.32. The van der Waals surface area contributed by atoms with Crippen LogP contribution in [0.2, 0.25) is 5.02 Å². The van der Waals surface area contributed by atoms with Crippen LogP contribution in [-0.2, 0) is 4.79 Å². The van der Waals surface area contributed by atoms with Gasteiger partial charge in [-0.25, -0.2) is 0 Å². The minimum Gasteiger partial charge on any atom is -0.506 e. The predicted octanol–water partition coefficient (Wildman–Crippen LogP) is 2.64. The van der Waals surface area contributed by atoms with Gasteiger partial charge in [0.2, 0.25) is 5.91 Å². The Kier molecular flexibility index (Phi) is 3.26. The Bertz CT molecular complexity index is 422. The molecule has 5 heteroatoms. The molecule has 16 heavy (non-hydrogen) atoms. The highest BCUT2D eigenvalue weighted by Gasteiger charge is 2.30. The third-order valence-electron chi connectivity index (χ3n) is 2.66. The lowest BCUT2D eigenvalue weighted by molar-refractivity contribution is -0.117. The number of anilines is 1.